The number of carbonyl (C=O) groups is 2. The van der Waals surface area contributed by atoms with Crippen LogP contribution in [-0.2, 0) is 9.53 Å². The van der Waals surface area contributed by atoms with Gasteiger partial charge >= 0.3 is 12.1 Å². The molecular weight excluding hydrogens is 202 g/mol. The first kappa shape index (κ1) is 11.5. The van der Waals surface area contributed by atoms with E-state index in [0.717, 1.165) is 4.90 Å². The van der Waals surface area contributed by atoms with Crippen molar-refractivity contribution < 1.29 is 24.5 Å². The number of aliphatic carboxylic acids is 1. The predicted octanol–water partition coefficient (Wildman–Crippen LogP) is -0.171. The molecule has 1 amide bonds. The molecule has 1 heterocycles. The van der Waals surface area contributed by atoms with E-state index in [-0.39, 0.29) is 19.6 Å². The Morgan fingerprint density at radius 1 is 1.60 bits per heavy atom. The van der Waals surface area contributed by atoms with Crippen LogP contribution >= 0.6 is 0 Å². The molecule has 6 heteroatoms. The smallest absolute Gasteiger partial charge is 0.410 e. The molecule has 1 aliphatic heterocycles. The minimum Gasteiger partial charge on any atom is -0.480 e. The van der Waals surface area contributed by atoms with Crippen LogP contribution in [-0.4, -0.2) is 52.5 Å². The van der Waals surface area contributed by atoms with Gasteiger partial charge in [-0.25, -0.2) is 9.59 Å². The van der Waals surface area contributed by atoms with Gasteiger partial charge < -0.3 is 14.9 Å². The summed E-state index contributed by atoms with van der Waals surface area (Å²) in [5, 5.41) is 18.1. The normalized spacial score (nSPS) is 25.0. The number of rotatable bonds is 3. The van der Waals surface area contributed by atoms with E-state index in [9.17, 15) is 14.7 Å². The van der Waals surface area contributed by atoms with Gasteiger partial charge in [0, 0.05) is 6.42 Å². The van der Waals surface area contributed by atoms with Crippen molar-refractivity contribution in [2.24, 2.45) is 0 Å². The van der Waals surface area contributed by atoms with Crippen molar-refractivity contribution in [2.75, 3.05) is 13.2 Å². The maximum atomic E-state index is 11.3. The minimum absolute atomic E-state index is 0.00700. The average molecular weight is 215 g/mol. The van der Waals surface area contributed by atoms with E-state index in [1.165, 1.54) is 6.08 Å². The van der Waals surface area contributed by atoms with Crippen LogP contribution in [0.15, 0.2) is 12.7 Å². The number of β-amino-alcohol motifs (C(OH)–C–C–N with tert-alkyl or cyclic N) is 1. The number of ether oxygens (including phenoxy) is 1. The van der Waals surface area contributed by atoms with E-state index < -0.39 is 24.2 Å². The summed E-state index contributed by atoms with van der Waals surface area (Å²) in [6, 6.07) is -1.00. The van der Waals surface area contributed by atoms with Crippen LogP contribution in [0.3, 0.4) is 0 Å². The van der Waals surface area contributed by atoms with E-state index >= 15 is 0 Å². The molecule has 6 nitrogen and oxygen atoms in total. The third kappa shape index (κ3) is 2.69. The maximum Gasteiger partial charge on any atom is 0.410 e. The molecule has 1 saturated heterocycles. The highest BCUT2D eigenvalue weighted by molar-refractivity contribution is 5.80. The summed E-state index contributed by atoms with van der Waals surface area (Å²) < 4.78 is 4.70. The quantitative estimate of drug-likeness (QED) is 0.638. The molecule has 15 heavy (non-hydrogen) atoms. The fourth-order valence-corrected chi connectivity index (χ4v) is 1.46. The summed E-state index contributed by atoms with van der Waals surface area (Å²) in [6.45, 7) is 3.39. The first-order valence-corrected chi connectivity index (χ1v) is 4.51. The molecule has 0 spiro atoms. The van der Waals surface area contributed by atoms with Crippen LogP contribution in [0.5, 0.6) is 0 Å². The van der Waals surface area contributed by atoms with Crippen LogP contribution in [0.2, 0.25) is 0 Å². The number of aliphatic hydroxyl groups excluding tert-OH is 1. The van der Waals surface area contributed by atoms with Crippen LogP contribution in [0.1, 0.15) is 6.42 Å². The Morgan fingerprint density at radius 2 is 2.27 bits per heavy atom. The molecule has 1 rings (SSSR count). The van der Waals surface area contributed by atoms with Gasteiger partial charge in [-0.1, -0.05) is 12.7 Å². The van der Waals surface area contributed by atoms with Crippen molar-refractivity contribution in [3.63, 3.8) is 0 Å². The molecule has 0 bridgehead atoms. The summed E-state index contributed by atoms with van der Waals surface area (Å²) in [4.78, 5) is 23.1. The number of hydrogen-bond donors (Lipinski definition) is 2. The Labute approximate surface area is 86.7 Å². The molecule has 0 aromatic heterocycles. The fraction of sp³-hybridized carbons (Fsp3) is 0.556. The third-order valence-corrected chi connectivity index (χ3v) is 2.12. The second-order valence-corrected chi connectivity index (χ2v) is 3.26. The van der Waals surface area contributed by atoms with Gasteiger partial charge in [0.05, 0.1) is 12.6 Å². The Bertz CT molecular complexity index is 278. The average Bonchev–Trinajstić information content (AvgIpc) is 2.57. The van der Waals surface area contributed by atoms with E-state index in [4.69, 9.17) is 9.84 Å². The van der Waals surface area contributed by atoms with E-state index in [1.54, 1.807) is 0 Å². The van der Waals surface area contributed by atoms with Crippen molar-refractivity contribution in [1.29, 1.82) is 0 Å². The summed E-state index contributed by atoms with van der Waals surface area (Å²) in [7, 11) is 0. The summed E-state index contributed by atoms with van der Waals surface area (Å²) in [6.07, 6.45) is -0.111. The zero-order chi connectivity index (χ0) is 11.4. The van der Waals surface area contributed by atoms with Gasteiger partial charge in [0.25, 0.3) is 0 Å². The van der Waals surface area contributed by atoms with Crippen LogP contribution in [0, 0.1) is 0 Å². The standard InChI is InChI=1S/C9H13NO5/c1-2-3-15-9(14)10-5-6(11)4-7(10)8(12)13/h2,6-7,11H,1,3-5H2,(H,12,13)/t6-,7+/m1/s1. The number of nitrogens with zero attached hydrogens (tertiary/aromatic N) is 1. The number of carboxylic acids is 1. The largest absolute Gasteiger partial charge is 0.480 e. The first-order valence-electron chi connectivity index (χ1n) is 4.51. The monoisotopic (exact) mass is 215 g/mol. The maximum absolute atomic E-state index is 11.3. The number of amides is 1. The number of aliphatic hydroxyl groups is 1. The SMILES string of the molecule is C=CCOC(=O)N1C[C@H](O)C[C@H]1C(=O)O. The summed E-state index contributed by atoms with van der Waals surface area (Å²) >= 11 is 0. The zero-order valence-electron chi connectivity index (χ0n) is 8.13. The van der Waals surface area contributed by atoms with Gasteiger partial charge in [0.1, 0.15) is 12.6 Å². The molecule has 84 valence electrons. The van der Waals surface area contributed by atoms with Crippen LogP contribution in [0.25, 0.3) is 0 Å². The molecule has 0 aliphatic carbocycles. The predicted molar refractivity (Wildman–Crippen MR) is 50.3 cm³/mol. The lowest BCUT2D eigenvalue weighted by Crippen LogP contribution is -2.40. The van der Waals surface area contributed by atoms with Crippen LogP contribution < -0.4 is 0 Å². The van der Waals surface area contributed by atoms with Gasteiger partial charge in [0.2, 0.25) is 0 Å². The lowest BCUT2D eigenvalue weighted by Gasteiger charge is -2.19. The molecule has 2 atom stereocenters. The molecular formula is C9H13NO5. The molecule has 0 saturated carbocycles. The number of hydrogen-bond acceptors (Lipinski definition) is 4. The Kier molecular flexibility index (Phi) is 3.68. The van der Waals surface area contributed by atoms with Gasteiger partial charge in [-0.15, -0.1) is 0 Å². The van der Waals surface area contributed by atoms with Crippen molar-refractivity contribution in [2.45, 2.75) is 18.6 Å². The molecule has 1 aliphatic rings. The lowest BCUT2D eigenvalue weighted by atomic mass is 10.2. The highest BCUT2D eigenvalue weighted by Crippen LogP contribution is 2.18. The lowest BCUT2D eigenvalue weighted by molar-refractivity contribution is -0.141. The molecule has 0 unspecified atom stereocenters. The van der Waals surface area contributed by atoms with Crippen LogP contribution in [0.4, 0.5) is 4.79 Å². The van der Waals surface area contributed by atoms with E-state index in [2.05, 4.69) is 6.58 Å². The highest BCUT2D eigenvalue weighted by atomic mass is 16.6. The minimum atomic E-state index is -1.14. The molecule has 0 aromatic rings. The molecule has 2 N–H and O–H groups in total. The van der Waals surface area contributed by atoms with Crippen molar-refractivity contribution in [3.8, 4) is 0 Å². The number of carboxylic acid groups (broad SMARTS) is 1. The molecule has 0 aromatic carbocycles. The topological polar surface area (TPSA) is 87.1 Å². The molecule has 0 radical (unpaired) electrons. The highest BCUT2D eigenvalue weighted by Gasteiger charge is 2.39. The van der Waals surface area contributed by atoms with Crippen molar-refractivity contribution >= 4 is 12.1 Å². The van der Waals surface area contributed by atoms with E-state index in [0.29, 0.717) is 0 Å². The Morgan fingerprint density at radius 3 is 2.80 bits per heavy atom. The summed E-state index contributed by atoms with van der Waals surface area (Å²) in [5.41, 5.74) is 0. The molecule has 1 fully saturated rings. The van der Waals surface area contributed by atoms with Gasteiger partial charge in [-0.05, 0) is 0 Å². The summed E-state index contributed by atoms with van der Waals surface area (Å²) in [5.74, 6) is -1.14. The number of likely N-dealkylation sites (tertiary alicyclic amines) is 1. The van der Waals surface area contributed by atoms with Gasteiger partial charge in [-0.2, -0.15) is 0 Å². The van der Waals surface area contributed by atoms with Gasteiger partial charge in [0.15, 0.2) is 0 Å². The Hall–Kier alpha value is -1.56. The second kappa shape index (κ2) is 4.79. The number of carbonyl (C=O) groups excluding carboxylic acids is 1. The van der Waals surface area contributed by atoms with Gasteiger partial charge in [-0.3, -0.25) is 4.90 Å². The fourth-order valence-electron chi connectivity index (χ4n) is 1.46. The van der Waals surface area contributed by atoms with E-state index in [1.807, 2.05) is 0 Å². The second-order valence-electron chi connectivity index (χ2n) is 3.26. The van der Waals surface area contributed by atoms with Crippen molar-refractivity contribution in [1.82, 2.24) is 4.90 Å². The first-order chi connectivity index (χ1) is 7.06. The Balaban J connectivity index is 2.62. The zero-order valence-corrected chi connectivity index (χ0v) is 8.13. The third-order valence-electron chi connectivity index (χ3n) is 2.12. The van der Waals surface area contributed by atoms with Crippen molar-refractivity contribution in [3.05, 3.63) is 12.7 Å².